The Kier molecular flexibility index (Phi) is 4.38. The number of nitrogens with zero attached hydrogens (tertiary/aromatic N) is 1. The van der Waals surface area contributed by atoms with Gasteiger partial charge in [0, 0.05) is 17.5 Å². The molecule has 1 N–H and O–H groups in total. The molecule has 2 rings (SSSR count). The predicted molar refractivity (Wildman–Crippen MR) is 75.7 cm³/mol. The van der Waals surface area contributed by atoms with Crippen molar-refractivity contribution in [2.24, 2.45) is 0 Å². The number of nitriles is 1. The molecule has 0 fully saturated rings. The lowest BCUT2D eigenvalue weighted by molar-refractivity contribution is 0.583. The molecule has 18 heavy (non-hydrogen) atoms. The molecule has 0 saturated heterocycles. The lowest BCUT2D eigenvalue weighted by Gasteiger charge is -2.12. The van der Waals surface area contributed by atoms with Gasteiger partial charge in [-0.2, -0.15) is 5.26 Å². The first-order chi connectivity index (χ1) is 8.69. The molecule has 0 amide bonds. The molecule has 0 aliphatic carbocycles. The van der Waals surface area contributed by atoms with Crippen LogP contribution in [0.15, 0.2) is 36.4 Å². The zero-order chi connectivity index (χ0) is 13.0. The fourth-order valence-corrected chi connectivity index (χ4v) is 2.77. The first-order valence-electron chi connectivity index (χ1n) is 5.66. The highest BCUT2D eigenvalue weighted by molar-refractivity contribution is 7.16. The molecule has 0 radical (unpaired) electrons. The van der Waals surface area contributed by atoms with Gasteiger partial charge in [0.15, 0.2) is 0 Å². The maximum absolute atomic E-state index is 8.84. The highest BCUT2D eigenvalue weighted by Gasteiger charge is 2.07. The molecular weight excluding hydrogens is 264 g/mol. The van der Waals surface area contributed by atoms with Gasteiger partial charge in [-0.15, -0.1) is 11.3 Å². The van der Waals surface area contributed by atoms with Crippen LogP contribution in [0.2, 0.25) is 4.34 Å². The summed E-state index contributed by atoms with van der Waals surface area (Å²) in [6.45, 7) is 2.85. The summed E-state index contributed by atoms with van der Waals surface area (Å²) < 4.78 is 0.810. The van der Waals surface area contributed by atoms with Crippen LogP contribution in [0.5, 0.6) is 0 Å². The second kappa shape index (κ2) is 6.01. The number of thiophene rings is 1. The van der Waals surface area contributed by atoms with E-state index in [9.17, 15) is 0 Å². The van der Waals surface area contributed by atoms with E-state index in [4.69, 9.17) is 16.9 Å². The molecule has 1 unspecified atom stereocenters. The van der Waals surface area contributed by atoms with E-state index in [1.54, 1.807) is 11.3 Å². The average Bonchev–Trinajstić information content (AvgIpc) is 2.83. The molecule has 2 aromatic rings. The Morgan fingerprint density at radius 2 is 2.22 bits per heavy atom. The summed E-state index contributed by atoms with van der Waals surface area (Å²) in [7, 11) is 0. The van der Waals surface area contributed by atoms with Gasteiger partial charge in [0.05, 0.1) is 16.0 Å². The van der Waals surface area contributed by atoms with E-state index in [0.717, 1.165) is 16.4 Å². The summed E-state index contributed by atoms with van der Waals surface area (Å²) in [5.74, 6) is 0. The highest BCUT2D eigenvalue weighted by Crippen LogP contribution is 2.26. The van der Waals surface area contributed by atoms with Crippen molar-refractivity contribution < 1.29 is 0 Å². The number of benzene rings is 1. The molecule has 2 nitrogen and oxygen atoms in total. The zero-order valence-corrected chi connectivity index (χ0v) is 11.6. The Morgan fingerprint density at radius 1 is 1.39 bits per heavy atom. The standard InChI is InChI=1S/C14H13ClN2S/c1-10(13-5-6-14(15)18-13)17-9-12-4-2-3-11(7-12)8-16/h2-7,10,17H,9H2,1H3. The van der Waals surface area contributed by atoms with Crippen molar-refractivity contribution in [3.05, 3.63) is 56.7 Å². The van der Waals surface area contributed by atoms with Crippen LogP contribution in [-0.4, -0.2) is 0 Å². The van der Waals surface area contributed by atoms with Crippen LogP contribution in [0.25, 0.3) is 0 Å². The zero-order valence-electron chi connectivity index (χ0n) is 9.98. The van der Waals surface area contributed by atoms with Gasteiger partial charge in [-0.25, -0.2) is 0 Å². The van der Waals surface area contributed by atoms with Crippen molar-refractivity contribution in [3.63, 3.8) is 0 Å². The van der Waals surface area contributed by atoms with Crippen LogP contribution >= 0.6 is 22.9 Å². The van der Waals surface area contributed by atoms with E-state index >= 15 is 0 Å². The summed E-state index contributed by atoms with van der Waals surface area (Å²) in [4.78, 5) is 1.22. The summed E-state index contributed by atoms with van der Waals surface area (Å²) in [5, 5.41) is 12.3. The summed E-state index contributed by atoms with van der Waals surface area (Å²) in [6.07, 6.45) is 0. The summed E-state index contributed by atoms with van der Waals surface area (Å²) >= 11 is 7.51. The van der Waals surface area contributed by atoms with Gasteiger partial charge in [-0.05, 0) is 36.8 Å². The first kappa shape index (κ1) is 13.1. The van der Waals surface area contributed by atoms with Crippen molar-refractivity contribution >= 4 is 22.9 Å². The van der Waals surface area contributed by atoms with E-state index in [1.165, 1.54) is 4.88 Å². The third-order valence-electron chi connectivity index (χ3n) is 2.69. The van der Waals surface area contributed by atoms with E-state index in [1.807, 2.05) is 36.4 Å². The maximum Gasteiger partial charge on any atom is 0.0991 e. The van der Waals surface area contributed by atoms with Crippen molar-refractivity contribution in [1.82, 2.24) is 5.32 Å². The minimum absolute atomic E-state index is 0.258. The number of halogens is 1. The van der Waals surface area contributed by atoms with Crippen LogP contribution in [0.4, 0.5) is 0 Å². The summed E-state index contributed by atoms with van der Waals surface area (Å²) in [5.41, 5.74) is 1.81. The normalized spacial score (nSPS) is 12.1. The average molecular weight is 277 g/mol. The third-order valence-corrected chi connectivity index (χ3v) is 4.10. The van der Waals surface area contributed by atoms with Crippen LogP contribution in [0, 0.1) is 11.3 Å². The van der Waals surface area contributed by atoms with Gasteiger partial charge >= 0.3 is 0 Å². The number of nitrogens with one attached hydrogen (secondary N) is 1. The number of hydrogen-bond donors (Lipinski definition) is 1. The topological polar surface area (TPSA) is 35.8 Å². The van der Waals surface area contributed by atoms with E-state index < -0.39 is 0 Å². The fourth-order valence-electron chi connectivity index (χ4n) is 1.68. The molecule has 1 atom stereocenters. The predicted octanol–water partition coefficient (Wildman–Crippen LogP) is 4.12. The first-order valence-corrected chi connectivity index (χ1v) is 6.86. The molecule has 0 aliphatic heterocycles. The lowest BCUT2D eigenvalue weighted by atomic mass is 10.1. The van der Waals surface area contributed by atoms with Crippen LogP contribution in [0.3, 0.4) is 0 Å². The lowest BCUT2D eigenvalue weighted by Crippen LogP contribution is -2.17. The van der Waals surface area contributed by atoms with Gasteiger partial charge < -0.3 is 5.32 Å². The van der Waals surface area contributed by atoms with Gasteiger partial charge in [0.25, 0.3) is 0 Å². The van der Waals surface area contributed by atoms with E-state index in [-0.39, 0.29) is 6.04 Å². The Hall–Kier alpha value is -1.34. The van der Waals surface area contributed by atoms with Gasteiger partial charge in [-0.3, -0.25) is 0 Å². The third kappa shape index (κ3) is 3.33. The molecule has 1 aromatic carbocycles. The van der Waals surface area contributed by atoms with Crippen molar-refractivity contribution in [2.45, 2.75) is 19.5 Å². The Morgan fingerprint density at radius 3 is 2.89 bits per heavy atom. The molecule has 4 heteroatoms. The molecular formula is C14H13ClN2S. The SMILES string of the molecule is CC(NCc1cccc(C#N)c1)c1ccc(Cl)s1. The molecule has 0 bridgehead atoms. The minimum atomic E-state index is 0.258. The van der Waals surface area contributed by atoms with Crippen molar-refractivity contribution in [3.8, 4) is 6.07 Å². The van der Waals surface area contributed by atoms with Crippen LogP contribution < -0.4 is 5.32 Å². The van der Waals surface area contributed by atoms with Crippen molar-refractivity contribution in [1.29, 1.82) is 5.26 Å². The van der Waals surface area contributed by atoms with Gasteiger partial charge in [-0.1, -0.05) is 23.7 Å². The highest BCUT2D eigenvalue weighted by atomic mass is 35.5. The molecule has 0 spiro atoms. The Bertz CT molecular complexity index is 571. The largest absolute Gasteiger partial charge is 0.305 e. The van der Waals surface area contributed by atoms with Crippen LogP contribution in [0.1, 0.15) is 29.0 Å². The van der Waals surface area contributed by atoms with Crippen LogP contribution in [-0.2, 0) is 6.54 Å². The molecule has 1 heterocycles. The second-order valence-corrected chi connectivity index (χ2v) is 5.80. The Labute approximate surface area is 116 Å². The number of rotatable bonds is 4. The summed E-state index contributed by atoms with van der Waals surface area (Å²) in [6, 6.07) is 14.0. The smallest absolute Gasteiger partial charge is 0.0991 e. The van der Waals surface area contributed by atoms with Gasteiger partial charge in [0.1, 0.15) is 0 Å². The minimum Gasteiger partial charge on any atom is -0.305 e. The molecule has 92 valence electrons. The fraction of sp³-hybridized carbons (Fsp3) is 0.214. The quantitative estimate of drug-likeness (QED) is 0.912. The van der Waals surface area contributed by atoms with Crippen molar-refractivity contribution in [2.75, 3.05) is 0 Å². The monoisotopic (exact) mass is 276 g/mol. The van der Waals surface area contributed by atoms with E-state index in [2.05, 4.69) is 18.3 Å². The number of hydrogen-bond acceptors (Lipinski definition) is 3. The molecule has 0 saturated carbocycles. The Balaban J connectivity index is 1.97. The molecule has 0 aliphatic rings. The molecule has 1 aromatic heterocycles. The van der Waals surface area contributed by atoms with Gasteiger partial charge in [0.2, 0.25) is 0 Å². The second-order valence-electron chi connectivity index (χ2n) is 4.06. The van der Waals surface area contributed by atoms with E-state index in [0.29, 0.717) is 5.56 Å². The maximum atomic E-state index is 8.84.